The van der Waals surface area contributed by atoms with E-state index in [2.05, 4.69) is 15.3 Å². The Hall–Kier alpha value is -3.12. The maximum absolute atomic E-state index is 12.7. The number of benzene rings is 2. The number of amides is 1. The molecule has 6 nitrogen and oxygen atoms in total. The van der Waals surface area contributed by atoms with Crippen LogP contribution in [0, 0.1) is 19.8 Å². The normalized spacial score (nSPS) is 14.5. The quantitative estimate of drug-likeness (QED) is 0.660. The number of carbonyl (C=O) groups is 1. The highest BCUT2D eigenvalue weighted by Gasteiger charge is 2.26. The van der Waals surface area contributed by atoms with Crippen LogP contribution in [0.2, 0.25) is 5.02 Å². The Labute approximate surface area is 186 Å². The third-order valence-electron chi connectivity index (χ3n) is 5.66. The molecule has 0 radical (unpaired) electrons. The van der Waals surface area contributed by atoms with Crippen LogP contribution in [0.5, 0.6) is 0 Å². The molecule has 31 heavy (non-hydrogen) atoms. The van der Waals surface area contributed by atoms with E-state index in [1.165, 1.54) is 10.7 Å². The van der Waals surface area contributed by atoms with Crippen molar-refractivity contribution in [1.82, 2.24) is 9.78 Å². The molecule has 7 heteroatoms. The lowest BCUT2D eigenvalue weighted by atomic mass is 9.95. The van der Waals surface area contributed by atoms with E-state index >= 15 is 0 Å². The van der Waals surface area contributed by atoms with Crippen molar-refractivity contribution >= 4 is 29.0 Å². The number of aryl methyl sites for hydroxylation is 2. The fourth-order valence-electron chi connectivity index (χ4n) is 3.81. The van der Waals surface area contributed by atoms with Crippen LogP contribution in [0.15, 0.2) is 59.4 Å². The van der Waals surface area contributed by atoms with Crippen molar-refractivity contribution in [3.8, 4) is 5.69 Å². The van der Waals surface area contributed by atoms with Crippen LogP contribution in [-0.4, -0.2) is 28.8 Å². The smallest absolute Gasteiger partial charge is 0.271 e. The number of hydrogen-bond donors (Lipinski definition) is 1. The predicted octanol–water partition coefficient (Wildman–Crippen LogP) is 4.36. The van der Waals surface area contributed by atoms with Crippen molar-refractivity contribution in [1.29, 1.82) is 0 Å². The first-order valence-electron chi connectivity index (χ1n) is 10.4. The number of piperidine rings is 1. The lowest BCUT2D eigenvalue weighted by Gasteiger charge is -2.32. The number of carbonyl (C=O) groups excluding carboxylic acids is 1. The predicted molar refractivity (Wildman–Crippen MR) is 124 cm³/mol. The van der Waals surface area contributed by atoms with Gasteiger partial charge in [-0.15, -0.1) is 5.10 Å². The number of halogens is 1. The Kier molecular flexibility index (Phi) is 6.09. The number of nitrogens with zero attached hydrogens (tertiary/aromatic N) is 3. The van der Waals surface area contributed by atoms with Crippen molar-refractivity contribution in [2.45, 2.75) is 26.7 Å². The fourth-order valence-corrected chi connectivity index (χ4v) is 3.98. The van der Waals surface area contributed by atoms with Crippen LogP contribution in [0.25, 0.3) is 5.69 Å². The van der Waals surface area contributed by atoms with E-state index in [4.69, 9.17) is 11.6 Å². The van der Waals surface area contributed by atoms with E-state index in [1.807, 2.05) is 50.2 Å². The molecule has 3 aromatic rings. The van der Waals surface area contributed by atoms with Gasteiger partial charge in [0.05, 0.1) is 5.69 Å². The Morgan fingerprint density at radius 3 is 2.55 bits per heavy atom. The summed E-state index contributed by atoms with van der Waals surface area (Å²) in [5, 5.41) is 8.17. The van der Waals surface area contributed by atoms with E-state index in [0.717, 1.165) is 29.7 Å². The van der Waals surface area contributed by atoms with Crippen molar-refractivity contribution in [3.63, 3.8) is 0 Å². The minimum absolute atomic E-state index is 0.0430. The van der Waals surface area contributed by atoms with Gasteiger partial charge in [-0.1, -0.05) is 29.8 Å². The van der Waals surface area contributed by atoms with Gasteiger partial charge in [-0.3, -0.25) is 9.59 Å². The van der Waals surface area contributed by atoms with Gasteiger partial charge in [0.15, 0.2) is 0 Å². The van der Waals surface area contributed by atoms with Crippen LogP contribution < -0.4 is 15.8 Å². The lowest BCUT2D eigenvalue weighted by molar-refractivity contribution is -0.120. The molecular formula is C24H25ClN4O2. The molecule has 1 N–H and O–H groups in total. The zero-order chi connectivity index (χ0) is 22.0. The standard InChI is InChI=1S/C24H25ClN4O2/c1-16-4-3-5-19(14-16)26-24(31)18-10-12-28(13-11-18)22-8-9-23(30)29(27-22)20-7-6-17(2)21(25)15-20/h3-9,14-15,18H,10-13H2,1-2H3,(H,26,31). The van der Waals surface area contributed by atoms with Crippen molar-refractivity contribution < 1.29 is 4.79 Å². The van der Waals surface area contributed by atoms with Gasteiger partial charge < -0.3 is 10.2 Å². The molecule has 0 spiro atoms. The number of nitrogens with one attached hydrogen (secondary N) is 1. The van der Waals surface area contributed by atoms with Crippen molar-refractivity contribution in [2.24, 2.45) is 5.92 Å². The summed E-state index contributed by atoms with van der Waals surface area (Å²) >= 11 is 6.23. The zero-order valence-electron chi connectivity index (χ0n) is 17.6. The van der Waals surface area contributed by atoms with E-state index in [9.17, 15) is 9.59 Å². The molecular weight excluding hydrogens is 412 g/mol. The summed E-state index contributed by atoms with van der Waals surface area (Å²) in [5.74, 6) is 0.727. The third-order valence-corrected chi connectivity index (χ3v) is 6.07. The molecule has 1 aliphatic rings. The molecule has 160 valence electrons. The third kappa shape index (κ3) is 4.80. The second-order valence-electron chi connectivity index (χ2n) is 8.00. The highest BCUT2D eigenvalue weighted by molar-refractivity contribution is 6.31. The molecule has 0 aliphatic carbocycles. The van der Waals surface area contributed by atoms with Gasteiger partial charge in [-0.25, -0.2) is 0 Å². The molecule has 1 aromatic heterocycles. The highest BCUT2D eigenvalue weighted by Crippen LogP contribution is 2.24. The van der Waals surface area contributed by atoms with Crippen molar-refractivity contribution in [2.75, 3.05) is 23.3 Å². The Morgan fingerprint density at radius 2 is 1.84 bits per heavy atom. The molecule has 2 heterocycles. The number of hydrogen-bond acceptors (Lipinski definition) is 4. The summed E-state index contributed by atoms with van der Waals surface area (Å²) in [6.07, 6.45) is 1.46. The van der Waals surface area contributed by atoms with Crippen LogP contribution in [0.3, 0.4) is 0 Å². The molecule has 0 bridgehead atoms. The highest BCUT2D eigenvalue weighted by atomic mass is 35.5. The van der Waals surface area contributed by atoms with E-state index in [1.54, 1.807) is 12.1 Å². The Bertz CT molecular complexity index is 1170. The maximum atomic E-state index is 12.7. The number of aromatic nitrogens is 2. The Morgan fingerprint density at radius 1 is 1.06 bits per heavy atom. The molecule has 1 saturated heterocycles. The fraction of sp³-hybridized carbons (Fsp3) is 0.292. The molecule has 1 aliphatic heterocycles. The lowest BCUT2D eigenvalue weighted by Crippen LogP contribution is -2.39. The van der Waals surface area contributed by atoms with E-state index < -0.39 is 0 Å². The largest absolute Gasteiger partial charge is 0.355 e. The summed E-state index contributed by atoms with van der Waals surface area (Å²) in [5.41, 5.74) is 3.31. The molecule has 0 atom stereocenters. The molecule has 1 amide bonds. The summed E-state index contributed by atoms with van der Waals surface area (Å²) < 4.78 is 1.37. The summed E-state index contributed by atoms with van der Waals surface area (Å²) in [6, 6.07) is 16.5. The molecule has 2 aromatic carbocycles. The maximum Gasteiger partial charge on any atom is 0.271 e. The average molecular weight is 437 g/mol. The van der Waals surface area contributed by atoms with Crippen LogP contribution in [-0.2, 0) is 4.79 Å². The molecule has 0 unspecified atom stereocenters. The van der Waals surface area contributed by atoms with Gasteiger partial charge in [0.25, 0.3) is 5.56 Å². The molecule has 1 fully saturated rings. The minimum atomic E-state index is -0.212. The van der Waals surface area contributed by atoms with Crippen LogP contribution >= 0.6 is 11.6 Å². The molecule has 4 rings (SSSR count). The number of anilines is 2. The van der Waals surface area contributed by atoms with Gasteiger partial charge in [0.1, 0.15) is 5.82 Å². The van der Waals surface area contributed by atoms with Crippen LogP contribution in [0.4, 0.5) is 11.5 Å². The monoisotopic (exact) mass is 436 g/mol. The average Bonchev–Trinajstić information content (AvgIpc) is 2.76. The molecule has 0 saturated carbocycles. The summed E-state index contributed by atoms with van der Waals surface area (Å²) in [7, 11) is 0. The van der Waals surface area contributed by atoms with Crippen LogP contribution in [0.1, 0.15) is 24.0 Å². The first-order chi connectivity index (χ1) is 14.9. The topological polar surface area (TPSA) is 67.2 Å². The zero-order valence-corrected chi connectivity index (χ0v) is 18.4. The van der Waals surface area contributed by atoms with E-state index in [-0.39, 0.29) is 17.4 Å². The van der Waals surface area contributed by atoms with Gasteiger partial charge in [0, 0.05) is 35.8 Å². The first kappa shape index (κ1) is 21.1. The number of rotatable bonds is 4. The second kappa shape index (κ2) is 8.94. The van der Waals surface area contributed by atoms with Crippen molar-refractivity contribution in [3.05, 3.63) is 81.1 Å². The van der Waals surface area contributed by atoms with Gasteiger partial charge >= 0.3 is 0 Å². The van der Waals surface area contributed by atoms with E-state index in [0.29, 0.717) is 29.6 Å². The summed E-state index contributed by atoms with van der Waals surface area (Å²) in [6.45, 7) is 5.32. The van der Waals surface area contributed by atoms with Gasteiger partial charge in [0.2, 0.25) is 5.91 Å². The Balaban J connectivity index is 1.44. The van der Waals surface area contributed by atoms with Gasteiger partial charge in [-0.2, -0.15) is 4.68 Å². The second-order valence-corrected chi connectivity index (χ2v) is 8.40. The first-order valence-corrected chi connectivity index (χ1v) is 10.8. The minimum Gasteiger partial charge on any atom is -0.355 e. The summed E-state index contributed by atoms with van der Waals surface area (Å²) in [4.78, 5) is 27.2. The SMILES string of the molecule is Cc1cccc(NC(=O)C2CCN(c3ccc(=O)n(-c4ccc(C)c(Cl)c4)n3)CC2)c1. The van der Waals surface area contributed by atoms with Gasteiger partial charge in [-0.05, 0) is 68.1 Å².